The van der Waals surface area contributed by atoms with Gasteiger partial charge in [-0.15, -0.1) is 6.42 Å². The number of rotatable bonds is 10. The van der Waals surface area contributed by atoms with Crippen LogP contribution in [-0.2, 0) is 20.7 Å². The lowest BCUT2D eigenvalue weighted by Gasteiger charge is -2.23. The summed E-state index contributed by atoms with van der Waals surface area (Å²) in [7, 11) is 1.24. The van der Waals surface area contributed by atoms with Crippen molar-refractivity contribution >= 4 is 51.2 Å². The average Bonchev–Trinajstić information content (AvgIpc) is 2.92. The highest BCUT2D eigenvalue weighted by molar-refractivity contribution is 9.10. The normalized spacial score (nSPS) is 11.4. The molecule has 0 unspecified atom stereocenters. The van der Waals surface area contributed by atoms with Crippen LogP contribution in [-0.4, -0.2) is 53.3 Å². The fourth-order valence-electron chi connectivity index (χ4n) is 3.50. The highest BCUT2D eigenvalue weighted by Gasteiger charge is 2.25. The minimum atomic E-state index is -0.990. The zero-order valence-corrected chi connectivity index (χ0v) is 24.6. The van der Waals surface area contributed by atoms with Gasteiger partial charge < -0.3 is 30.2 Å². The number of hydrogen-bond acceptors (Lipinski definition) is 9. The number of benzene rings is 2. The predicted molar refractivity (Wildman–Crippen MR) is 157 cm³/mol. The summed E-state index contributed by atoms with van der Waals surface area (Å²) < 4.78 is 16.1. The Labute approximate surface area is 246 Å². The topological polar surface area (TPSA) is 141 Å². The number of amides is 2. The summed E-state index contributed by atoms with van der Waals surface area (Å²) >= 11 is 3.30. The van der Waals surface area contributed by atoms with E-state index >= 15 is 0 Å². The molecule has 0 spiro atoms. The Kier molecular flexibility index (Phi) is 10.7. The van der Waals surface area contributed by atoms with Gasteiger partial charge in [-0.25, -0.2) is 14.6 Å². The van der Waals surface area contributed by atoms with Gasteiger partial charge in [0.05, 0.1) is 23.3 Å². The molecule has 1 atom stereocenters. The van der Waals surface area contributed by atoms with Gasteiger partial charge in [-0.05, 0) is 60.5 Å². The van der Waals surface area contributed by atoms with Crippen LogP contribution in [0.4, 0.5) is 22.1 Å². The number of terminal acetylenes is 1. The molecule has 0 saturated heterocycles. The average molecular weight is 624 g/mol. The van der Waals surface area contributed by atoms with Crippen LogP contribution in [0.25, 0.3) is 0 Å². The summed E-state index contributed by atoms with van der Waals surface area (Å²) in [5.74, 6) is 1.56. The number of nitrogens with one attached hydrogen (secondary N) is 3. The summed E-state index contributed by atoms with van der Waals surface area (Å²) in [6, 6.07) is 12.8. The molecular weight excluding hydrogens is 594 g/mol. The zero-order chi connectivity index (χ0) is 30.0. The van der Waals surface area contributed by atoms with Crippen molar-refractivity contribution in [3.63, 3.8) is 0 Å². The van der Waals surface area contributed by atoms with E-state index in [4.69, 9.17) is 20.6 Å². The molecule has 2 amide bonds. The van der Waals surface area contributed by atoms with E-state index in [1.165, 1.54) is 25.4 Å². The number of esters is 1. The molecule has 214 valence electrons. The molecule has 3 rings (SSSR count). The molecule has 1 aromatic heterocycles. The van der Waals surface area contributed by atoms with Crippen molar-refractivity contribution < 1.29 is 28.6 Å². The molecule has 1 heterocycles. The smallest absolute Gasteiger partial charge is 0.408 e. The molecule has 2 aromatic carbocycles. The third-order valence-corrected chi connectivity index (χ3v) is 5.72. The number of ether oxygens (including phenoxy) is 3. The van der Waals surface area contributed by atoms with Crippen molar-refractivity contribution in [1.82, 2.24) is 15.3 Å². The van der Waals surface area contributed by atoms with Gasteiger partial charge in [-0.3, -0.25) is 4.79 Å². The van der Waals surface area contributed by atoms with Crippen LogP contribution in [0.2, 0.25) is 0 Å². The molecule has 0 aliphatic heterocycles. The molecule has 12 heteroatoms. The van der Waals surface area contributed by atoms with Gasteiger partial charge >= 0.3 is 12.1 Å². The number of carbonyl (C=O) groups is 3. The first kappa shape index (κ1) is 30.9. The molecule has 11 nitrogen and oxygen atoms in total. The first-order chi connectivity index (χ1) is 19.5. The van der Waals surface area contributed by atoms with E-state index in [9.17, 15) is 14.4 Å². The molecule has 3 aromatic rings. The molecule has 0 aliphatic rings. The zero-order valence-electron chi connectivity index (χ0n) is 23.0. The predicted octanol–water partition coefficient (Wildman–Crippen LogP) is 4.86. The van der Waals surface area contributed by atoms with Gasteiger partial charge in [-0.2, -0.15) is 4.98 Å². The fourth-order valence-corrected chi connectivity index (χ4v) is 3.80. The van der Waals surface area contributed by atoms with Gasteiger partial charge in [-0.1, -0.05) is 36.3 Å². The maximum atomic E-state index is 13.4. The van der Waals surface area contributed by atoms with Crippen molar-refractivity contribution in [3.8, 4) is 18.2 Å². The van der Waals surface area contributed by atoms with Crippen LogP contribution in [0.1, 0.15) is 36.7 Å². The fraction of sp³-hybridized carbons (Fsp3) is 0.276. The largest absolute Gasteiger partial charge is 0.465 e. The van der Waals surface area contributed by atoms with Crippen LogP contribution < -0.4 is 20.7 Å². The first-order valence-electron chi connectivity index (χ1n) is 12.4. The van der Waals surface area contributed by atoms with Gasteiger partial charge in [0.2, 0.25) is 17.7 Å². The number of aromatic nitrogens is 2. The van der Waals surface area contributed by atoms with E-state index in [1.807, 2.05) is 30.3 Å². The lowest BCUT2D eigenvalue weighted by molar-refractivity contribution is -0.118. The van der Waals surface area contributed by atoms with Crippen LogP contribution in [0.3, 0.4) is 0 Å². The highest BCUT2D eigenvalue weighted by Crippen LogP contribution is 2.26. The molecule has 41 heavy (non-hydrogen) atoms. The highest BCUT2D eigenvalue weighted by atomic mass is 79.9. The van der Waals surface area contributed by atoms with E-state index in [1.54, 1.807) is 26.8 Å². The second kappa shape index (κ2) is 14.1. The van der Waals surface area contributed by atoms with Crippen LogP contribution in [0.5, 0.6) is 5.88 Å². The lowest BCUT2D eigenvalue weighted by atomic mass is 10.0. The Hall–Kier alpha value is -4.63. The molecule has 0 radical (unpaired) electrons. The summed E-state index contributed by atoms with van der Waals surface area (Å²) in [4.78, 5) is 46.9. The monoisotopic (exact) mass is 623 g/mol. The third-order valence-electron chi connectivity index (χ3n) is 5.17. The molecular formula is C29H30BrN5O6. The number of anilines is 3. The maximum absolute atomic E-state index is 13.4. The Morgan fingerprint density at radius 1 is 1.10 bits per heavy atom. The minimum absolute atomic E-state index is 0.00450. The summed E-state index contributed by atoms with van der Waals surface area (Å²) in [5.41, 5.74) is 0.838. The standard InChI is InChI=1S/C29H30BrN5O6/c1-6-12-40-25-22(30)17-31-27(35-25)33-21-15-19(26(37)39-5)14-20(16-21)32-24(36)23(13-18-10-8-7-9-11-18)34-28(38)41-29(2,3)4/h1,7-11,14-17,23H,12-13H2,2-5H3,(H,32,36)(H,34,38)(H,31,33,35)/t23-/m1/s1. The van der Waals surface area contributed by atoms with E-state index in [-0.39, 0.29) is 36.1 Å². The third kappa shape index (κ3) is 9.81. The van der Waals surface area contributed by atoms with Gasteiger partial charge in [0.1, 0.15) is 11.6 Å². The van der Waals surface area contributed by atoms with Crippen LogP contribution in [0, 0.1) is 12.3 Å². The number of carbonyl (C=O) groups excluding carboxylic acids is 3. The van der Waals surface area contributed by atoms with Crippen molar-refractivity contribution in [2.24, 2.45) is 0 Å². The SMILES string of the molecule is C#CCOc1nc(Nc2cc(NC(=O)[C@@H](Cc3ccccc3)NC(=O)OC(C)(C)C)cc(C(=O)OC)c2)ncc1Br. The van der Waals surface area contributed by atoms with E-state index < -0.39 is 29.6 Å². The first-order valence-corrected chi connectivity index (χ1v) is 13.2. The quantitative estimate of drug-likeness (QED) is 0.213. The van der Waals surface area contributed by atoms with Crippen LogP contribution in [0.15, 0.2) is 59.2 Å². The Morgan fingerprint density at radius 2 is 1.80 bits per heavy atom. The Balaban J connectivity index is 1.89. The van der Waals surface area contributed by atoms with Crippen molar-refractivity contribution in [2.45, 2.75) is 38.8 Å². The Bertz CT molecular complexity index is 1440. The molecule has 0 saturated carbocycles. The molecule has 0 bridgehead atoms. The van der Waals surface area contributed by atoms with Crippen LogP contribution >= 0.6 is 15.9 Å². The summed E-state index contributed by atoms with van der Waals surface area (Å²) in [6.07, 6.45) is 6.19. The summed E-state index contributed by atoms with van der Waals surface area (Å²) in [5, 5.41) is 8.40. The number of alkyl carbamates (subject to hydrolysis) is 1. The van der Waals surface area contributed by atoms with Gasteiger partial charge in [0.25, 0.3) is 0 Å². The van der Waals surface area contributed by atoms with E-state index in [0.717, 1.165) is 5.56 Å². The van der Waals surface area contributed by atoms with E-state index in [2.05, 4.69) is 47.8 Å². The van der Waals surface area contributed by atoms with Gasteiger partial charge in [0, 0.05) is 17.8 Å². The lowest BCUT2D eigenvalue weighted by Crippen LogP contribution is -2.47. The van der Waals surface area contributed by atoms with E-state index in [0.29, 0.717) is 10.2 Å². The number of hydrogen-bond donors (Lipinski definition) is 3. The second-order valence-corrected chi connectivity index (χ2v) is 10.5. The minimum Gasteiger partial charge on any atom is -0.465 e. The Morgan fingerprint density at radius 3 is 2.46 bits per heavy atom. The van der Waals surface area contributed by atoms with Crippen molar-refractivity contribution in [1.29, 1.82) is 0 Å². The summed E-state index contributed by atoms with van der Waals surface area (Å²) in [6.45, 7) is 5.19. The number of halogens is 1. The van der Waals surface area contributed by atoms with Gasteiger partial charge in [0.15, 0.2) is 6.61 Å². The molecule has 3 N–H and O–H groups in total. The van der Waals surface area contributed by atoms with Crippen molar-refractivity contribution in [3.05, 3.63) is 70.3 Å². The molecule has 0 aliphatic carbocycles. The second-order valence-electron chi connectivity index (χ2n) is 9.63. The molecule has 0 fully saturated rings. The maximum Gasteiger partial charge on any atom is 0.408 e. The van der Waals surface area contributed by atoms with Crippen molar-refractivity contribution in [2.75, 3.05) is 24.4 Å². The number of nitrogens with zero attached hydrogens (tertiary/aromatic N) is 2. The number of methoxy groups -OCH3 is 1.